The van der Waals surface area contributed by atoms with Crippen molar-refractivity contribution in [3.8, 4) is 0 Å². The number of hydrogen-bond acceptors (Lipinski definition) is 7. The third-order valence-electron chi connectivity index (χ3n) is 5.61. The maximum Gasteiger partial charge on any atom is 0.244 e. The van der Waals surface area contributed by atoms with Gasteiger partial charge in [0.15, 0.2) is 0 Å². The van der Waals surface area contributed by atoms with Crippen molar-refractivity contribution in [2.75, 3.05) is 13.1 Å². The van der Waals surface area contributed by atoms with Crippen molar-refractivity contribution in [2.24, 2.45) is 11.8 Å². The summed E-state index contributed by atoms with van der Waals surface area (Å²) in [7, 11) is 0. The zero-order chi connectivity index (χ0) is 20.6. The number of aromatic nitrogens is 2. The fourth-order valence-electron chi connectivity index (χ4n) is 4.13. The fraction of sp³-hybridized carbons (Fsp3) is 0.632. The van der Waals surface area contributed by atoms with E-state index in [9.17, 15) is 19.6 Å². The van der Waals surface area contributed by atoms with Gasteiger partial charge >= 0.3 is 0 Å². The quantitative estimate of drug-likeness (QED) is 0.306. The molecule has 0 bridgehead atoms. The Labute approximate surface area is 169 Å². The summed E-state index contributed by atoms with van der Waals surface area (Å²) in [6.07, 6.45) is 8.78. The molecule has 3 rings (SSSR count). The van der Waals surface area contributed by atoms with E-state index in [1.807, 2.05) is 0 Å². The van der Waals surface area contributed by atoms with Crippen LogP contribution in [-0.2, 0) is 20.9 Å². The molecule has 1 aromatic rings. The van der Waals surface area contributed by atoms with Crippen LogP contribution in [0, 0.1) is 11.8 Å². The maximum absolute atomic E-state index is 13.2. The number of hydrazine groups is 1. The van der Waals surface area contributed by atoms with Gasteiger partial charge in [0.05, 0.1) is 24.7 Å². The molecule has 0 radical (unpaired) electrons. The van der Waals surface area contributed by atoms with Gasteiger partial charge in [0.2, 0.25) is 18.2 Å². The van der Waals surface area contributed by atoms with Crippen LogP contribution in [-0.4, -0.2) is 62.6 Å². The minimum Gasteiger partial charge on any atom is -0.349 e. The van der Waals surface area contributed by atoms with Gasteiger partial charge in [-0.15, -0.1) is 0 Å². The second-order valence-corrected chi connectivity index (χ2v) is 7.65. The zero-order valence-corrected chi connectivity index (χ0v) is 16.4. The van der Waals surface area contributed by atoms with Crippen LogP contribution in [0.15, 0.2) is 18.6 Å². The highest BCUT2D eigenvalue weighted by atomic mass is 16.5. The van der Waals surface area contributed by atoms with Gasteiger partial charge in [-0.25, -0.2) is 20.5 Å². The molecule has 29 heavy (non-hydrogen) atoms. The molecular formula is C19H28N6O4. The summed E-state index contributed by atoms with van der Waals surface area (Å²) in [4.78, 5) is 44.6. The summed E-state index contributed by atoms with van der Waals surface area (Å²) >= 11 is 0. The van der Waals surface area contributed by atoms with Crippen LogP contribution in [0.2, 0.25) is 0 Å². The number of amides is 3. The number of nitrogens with one attached hydrogen (secondary N) is 2. The summed E-state index contributed by atoms with van der Waals surface area (Å²) in [6, 6.07) is 1.07. The van der Waals surface area contributed by atoms with E-state index in [0.717, 1.165) is 25.7 Å². The second-order valence-electron chi connectivity index (χ2n) is 7.65. The molecule has 2 aliphatic rings. The first-order valence-corrected chi connectivity index (χ1v) is 10.1. The molecule has 10 nitrogen and oxygen atoms in total. The van der Waals surface area contributed by atoms with E-state index in [4.69, 9.17) is 0 Å². The molecule has 2 atom stereocenters. The highest BCUT2D eigenvalue weighted by Crippen LogP contribution is 2.31. The van der Waals surface area contributed by atoms with Crippen LogP contribution in [0.5, 0.6) is 0 Å². The van der Waals surface area contributed by atoms with Crippen molar-refractivity contribution in [3.05, 3.63) is 24.3 Å². The van der Waals surface area contributed by atoms with Gasteiger partial charge in [0.1, 0.15) is 12.4 Å². The normalized spacial score (nSPS) is 20.4. The summed E-state index contributed by atoms with van der Waals surface area (Å²) in [6.45, 7) is 0.678. The van der Waals surface area contributed by atoms with Gasteiger partial charge in [-0.3, -0.25) is 24.6 Å². The molecule has 1 aliphatic heterocycles. The molecule has 10 heteroatoms. The van der Waals surface area contributed by atoms with Crippen molar-refractivity contribution in [1.82, 2.24) is 30.8 Å². The van der Waals surface area contributed by atoms with Crippen LogP contribution in [0.1, 0.15) is 44.2 Å². The van der Waals surface area contributed by atoms with Gasteiger partial charge in [-0.1, -0.05) is 25.7 Å². The van der Waals surface area contributed by atoms with Crippen molar-refractivity contribution >= 4 is 18.2 Å². The smallest absolute Gasteiger partial charge is 0.244 e. The lowest BCUT2D eigenvalue weighted by atomic mass is 9.92. The number of hydroxylamine groups is 2. The monoisotopic (exact) mass is 404 g/mol. The Hall–Kier alpha value is -2.59. The van der Waals surface area contributed by atoms with Crippen LogP contribution < -0.4 is 10.7 Å². The van der Waals surface area contributed by atoms with Crippen LogP contribution in [0.3, 0.4) is 0 Å². The number of carbonyl (C=O) groups excluding carboxylic acids is 3. The molecular weight excluding hydrogens is 376 g/mol. The lowest BCUT2D eigenvalue weighted by Crippen LogP contribution is -2.53. The third-order valence-corrected chi connectivity index (χ3v) is 5.61. The van der Waals surface area contributed by atoms with Crippen LogP contribution >= 0.6 is 0 Å². The number of hydrogen-bond donors (Lipinski definition) is 3. The SMILES string of the molecule is O=CN(O)CC(CC1CCCC1)C(=O)N1NCCC1C(=O)NCc1ccncn1. The van der Waals surface area contributed by atoms with Crippen molar-refractivity contribution in [1.29, 1.82) is 0 Å². The predicted octanol–water partition coefficient (Wildman–Crippen LogP) is 0.242. The first kappa shape index (κ1) is 21.1. The van der Waals surface area contributed by atoms with Crippen molar-refractivity contribution in [2.45, 2.75) is 51.1 Å². The second kappa shape index (κ2) is 10.3. The Morgan fingerprint density at radius 2 is 2.17 bits per heavy atom. The van der Waals surface area contributed by atoms with Gasteiger partial charge in [0, 0.05) is 12.7 Å². The first-order chi connectivity index (χ1) is 14.1. The summed E-state index contributed by atoms with van der Waals surface area (Å²) < 4.78 is 0. The van der Waals surface area contributed by atoms with E-state index >= 15 is 0 Å². The molecule has 158 valence electrons. The van der Waals surface area contributed by atoms with E-state index in [1.54, 1.807) is 12.3 Å². The lowest BCUT2D eigenvalue weighted by molar-refractivity contribution is -0.159. The van der Waals surface area contributed by atoms with Crippen molar-refractivity contribution in [3.63, 3.8) is 0 Å². The molecule has 1 saturated carbocycles. The minimum atomic E-state index is -0.640. The average Bonchev–Trinajstić information content (AvgIpc) is 3.43. The Kier molecular flexibility index (Phi) is 7.48. The number of rotatable bonds is 9. The zero-order valence-electron chi connectivity index (χ0n) is 16.4. The van der Waals surface area contributed by atoms with Gasteiger partial charge in [0.25, 0.3) is 0 Å². The number of carbonyl (C=O) groups is 3. The van der Waals surface area contributed by atoms with Gasteiger partial charge in [-0.2, -0.15) is 0 Å². The fourth-order valence-corrected chi connectivity index (χ4v) is 4.13. The average molecular weight is 404 g/mol. The molecule has 1 aliphatic carbocycles. The van der Waals surface area contributed by atoms with Crippen molar-refractivity contribution < 1.29 is 19.6 Å². The molecule has 2 unspecified atom stereocenters. The third kappa shape index (κ3) is 5.70. The topological polar surface area (TPSA) is 128 Å². The molecule has 0 aromatic carbocycles. The molecule has 0 spiro atoms. The van der Waals surface area contributed by atoms with Crippen LogP contribution in [0.25, 0.3) is 0 Å². The highest BCUT2D eigenvalue weighted by Gasteiger charge is 2.38. The number of nitrogens with zero attached hydrogens (tertiary/aromatic N) is 4. The molecule has 1 saturated heterocycles. The summed E-state index contributed by atoms with van der Waals surface area (Å²) in [5.41, 5.74) is 3.67. The minimum absolute atomic E-state index is 0.0771. The van der Waals surface area contributed by atoms with E-state index < -0.39 is 12.0 Å². The Morgan fingerprint density at radius 1 is 1.38 bits per heavy atom. The Morgan fingerprint density at radius 3 is 2.86 bits per heavy atom. The molecule has 3 amide bonds. The Balaban J connectivity index is 1.63. The predicted molar refractivity (Wildman–Crippen MR) is 102 cm³/mol. The lowest BCUT2D eigenvalue weighted by Gasteiger charge is -2.29. The van der Waals surface area contributed by atoms with Gasteiger partial charge in [-0.05, 0) is 24.8 Å². The molecule has 3 N–H and O–H groups in total. The molecule has 2 heterocycles. The largest absolute Gasteiger partial charge is 0.349 e. The van der Waals surface area contributed by atoms with E-state index in [-0.39, 0.29) is 24.9 Å². The van der Waals surface area contributed by atoms with E-state index in [0.29, 0.717) is 42.5 Å². The first-order valence-electron chi connectivity index (χ1n) is 10.1. The molecule has 2 fully saturated rings. The Bertz CT molecular complexity index is 697. The maximum atomic E-state index is 13.2. The van der Waals surface area contributed by atoms with E-state index in [2.05, 4.69) is 20.7 Å². The molecule has 1 aromatic heterocycles. The van der Waals surface area contributed by atoms with Gasteiger partial charge < -0.3 is 5.32 Å². The highest BCUT2D eigenvalue weighted by molar-refractivity contribution is 5.88. The standard InChI is InChI=1S/C19H28N6O4/c26-13-24(29)11-15(9-14-3-1-2-4-14)19(28)25-17(6-8-23-25)18(27)21-10-16-5-7-20-12-22-16/h5,7,12-15,17,23,29H,1-4,6,8-11H2,(H,21,27). The van der Waals surface area contributed by atoms with E-state index in [1.165, 1.54) is 11.3 Å². The summed E-state index contributed by atoms with van der Waals surface area (Å²) in [5, 5.41) is 14.4. The summed E-state index contributed by atoms with van der Waals surface area (Å²) in [5.74, 6) is -0.692. The van der Waals surface area contributed by atoms with Crippen LogP contribution in [0.4, 0.5) is 0 Å².